The number of benzene rings is 2. The summed E-state index contributed by atoms with van der Waals surface area (Å²) in [6.07, 6.45) is 0. The topological polar surface area (TPSA) is 84.8 Å². The van der Waals surface area contributed by atoms with Crippen molar-refractivity contribution in [2.24, 2.45) is 0 Å². The number of hydrogen-bond acceptors (Lipinski definition) is 5. The number of nitrogen functional groups attached to an aromatic ring is 2. The van der Waals surface area contributed by atoms with Crippen molar-refractivity contribution in [1.29, 1.82) is 0 Å². The van der Waals surface area contributed by atoms with Gasteiger partial charge in [-0.1, -0.05) is 18.2 Å². The summed E-state index contributed by atoms with van der Waals surface area (Å²) in [5, 5.41) is 0. The summed E-state index contributed by atoms with van der Waals surface area (Å²) in [6, 6.07) is 11.9. The van der Waals surface area contributed by atoms with Crippen LogP contribution in [0.5, 0.6) is 5.75 Å². The van der Waals surface area contributed by atoms with E-state index in [1.54, 1.807) is 30.3 Å². The van der Waals surface area contributed by atoms with Gasteiger partial charge in [0.2, 0.25) is 0 Å². The minimum atomic E-state index is -0.235. The average Bonchev–Trinajstić information content (AvgIpc) is 2.67. The molecule has 4 N–H and O–H groups in total. The largest absolute Gasteiger partial charge is 0.482 e. The minimum Gasteiger partial charge on any atom is -0.482 e. The predicted molar refractivity (Wildman–Crippen MR) is 108 cm³/mol. The summed E-state index contributed by atoms with van der Waals surface area (Å²) in [7, 11) is 0. The Hall–Kier alpha value is -2.80. The molecule has 0 aliphatic carbocycles. The number of para-hydroxylation sites is 1. The Morgan fingerprint density at radius 1 is 1.11 bits per heavy atom. The molecule has 0 bridgehead atoms. The first-order valence-electron chi connectivity index (χ1n) is 9.40. The summed E-state index contributed by atoms with van der Waals surface area (Å²) < 4.78 is 18.7. The van der Waals surface area contributed by atoms with E-state index in [4.69, 9.17) is 16.2 Å². The van der Waals surface area contributed by atoms with E-state index in [1.165, 1.54) is 12.1 Å². The van der Waals surface area contributed by atoms with E-state index in [-0.39, 0.29) is 30.4 Å². The van der Waals surface area contributed by atoms with Crippen LogP contribution in [-0.4, -0.2) is 47.5 Å². The molecule has 1 aliphatic rings. The lowest BCUT2D eigenvalue weighted by Crippen LogP contribution is -2.58. The van der Waals surface area contributed by atoms with Crippen LogP contribution < -0.4 is 16.2 Å². The van der Waals surface area contributed by atoms with Crippen LogP contribution in [0.2, 0.25) is 0 Å². The first-order valence-corrected chi connectivity index (χ1v) is 9.40. The SMILES string of the molecule is CC1CN(C(=O)COc2cccc(N)c2N)C(C)CN1Cc1ccc(F)cc1. The van der Waals surface area contributed by atoms with Crippen LogP contribution in [-0.2, 0) is 11.3 Å². The molecular weight excluding hydrogens is 359 g/mol. The molecule has 28 heavy (non-hydrogen) atoms. The number of amides is 1. The lowest BCUT2D eigenvalue weighted by molar-refractivity contribution is -0.139. The first-order chi connectivity index (χ1) is 13.3. The Bertz CT molecular complexity index is 828. The van der Waals surface area contributed by atoms with Gasteiger partial charge < -0.3 is 21.1 Å². The van der Waals surface area contributed by atoms with Crippen molar-refractivity contribution in [3.63, 3.8) is 0 Å². The van der Waals surface area contributed by atoms with Crippen molar-refractivity contribution < 1.29 is 13.9 Å². The fraction of sp³-hybridized carbons (Fsp3) is 0.381. The predicted octanol–water partition coefficient (Wildman–Crippen LogP) is 2.49. The molecule has 1 heterocycles. The molecule has 150 valence electrons. The van der Waals surface area contributed by atoms with Crippen LogP contribution in [0.4, 0.5) is 15.8 Å². The molecular formula is C21H27FN4O2. The molecule has 0 saturated carbocycles. The molecule has 2 atom stereocenters. The monoisotopic (exact) mass is 386 g/mol. The Balaban J connectivity index is 1.57. The van der Waals surface area contributed by atoms with Gasteiger partial charge in [0.05, 0.1) is 11.4 Å². The van der Waals surface area contributed by atoms with Gasteiger partial charge >= 0.3 is 0 Å². The molecule has 0 aromatic heterocycles. The zero-order valence-electron chi connectivity index (χ0n) is 16.3. The van der Waals surface area contributed by atoms with Gasteiger partial charge in [-0.15, -0.1) is 0 Å². The van der Waals surface area contributed by atoms with Crippen molar-refractivity contribution in [3.8, 4) is 5.75 Å². The number of nitrogens with zero attached hydrogens (tertiary/aromatic N) is 2. The summed E-state index contributed by atoms with van der Waals surface area (Å²) in [5.41, 5.74) is 13.5. The van der Waals surface area contributed by atoms with Crippen LogP contribution in [0, 0.1) is 5.82 Å². The van der Waals surface area contributed by atoms with Gasteiger partial charge in [-0.3, -0.25) is 9.69 Å². The van der Waals surface area contributed by atoms with Crippen LogP contribution in [0.25, 0.3) is 0 Å². The molecule has 6 nitrogen and oxygen atoms in total. The zero-order chi connectivity index (χ0) is 20.3. The number of carbonyl (C=O) groups is 1. The summed E-state index contributed by atoms with van der Waals surface area (Å²) in [4.78, 5) is 16.8. The molecule has 7 heteroatoms. The second-order valence-corrected chi connectivity index (χ2v) is 7.35. The molecule has 1 amide bonds. The highest BCUT2D eigenvalue weighted by Gasteiger charge is 2.32. The van der Waals surface area contributed by atoms with Crippen molar-refractivity contribution >= 4 is 17.3 Å². The number of hydrogen-bond donors (Lipinski definition) is 2. The van der Waals surface area contributed by atoms with Crippen LogP contribution in [0.15, 0.2) is 42.5 Å². The summed E-state index contributed by atoms with van der Waals surface area (Å²) >= 11 is 0. The average molecular weight is 386 g/mol. The highest BCUT2D eigenvalue weighted by Crippen LogP contribution is 2.27. The quantitative estimate of drug-likeness (QED) is 0.772. The van der Waals surface area contributed by atoms with E-state index in [0.29, 0.717) is 23.7 Å². The lowest BCUT2D eigenvalue weighted by Gasteiger charge is -2.44. The standard InChI is InChI=1S/C21H27FN4O2/c1-14-11-26(20(27)13-28-19-5-3-4-18(23)21(19)24)15(2)10-25(14)12-16-6-8-17(22)9-7-16/h3-9,14-15H,10-13,23-24H2,1-2H3. The fourth-order valence-electron chi connectivity index (χ4n) is 3.50. The van der Waals surface area contributed by atoms with Crippen LogP contribution >= 0.6 is 0 Å². The Morgan fingerprint density at radius 2 is 1.82 bits per heavy atom. The maximum atomic E-state index is 13.1. The van der Waals surface area contributed by atoms with E-state index in [1.807, 2.05) is 11.8 Å². The van der Waals surface area contributed by atoms with Gasteiger partial charge in [-0.2, -0.15) is 0 Å². The first kappa shape index (κ1) is 19.9. The van der Waals surface area contributed by atoms with E-state index < -0.39 is 0 Å². The smallest absolute Gasteiger partial charge is 0.260 e. The zero-order valence-corrected chi connectivity index (χ0v) is 16.3. The molecule has 2 aromatic rings. The number of nitrogens with two attached hydrogens (primary N) is 2. The summed E-state index contributed by atoms with van der Waals surface area (Å²) in [5.74, 6) is 0.105. The molecule has 1 fully saturated rings. The summed E-state index contributed by atoms with van der Waals surface area (Å²) in [6.45, 7) is 6.11. The number of halogens is 1. The second-order valence-electron chi connectivity index (χ2n) is 7.35. The number of rotatable bonds is 5. The fourth-order valence-corrected chi connectivity index (χ4v) is 3.50. The third kappa shape index (κ3) is 4.54. The van der Waals surface area contributed by atoms with Gasteiger partial charge in [-0.25, -0.2) is 4.39 Å². The van der Waals surface area contributed by atoms with Gasteiger partial charge in [0.1, 0.15) is 11.6 Å². The lowest BCUT2D eigenvalue weighted by atomic mass is 10.1. The number of ether oxygens (including phenoxy) is 1. The molecule has 1 saturated heterocycles. The molecule has 1 aliphatic heterocycles. The van der Waals surface area contributed by atoms with Gasteiger partial charge in [-0.05, 0) is 43.7 Å². The van der Waals surface area contributed by atoms with Crippen molar-refractivity contribution in [3.05, 3.63) is 53.8 Å². The number of piperazine rings is 1. The number of carbonyl (C=O) groups excluding carboxylic acids is 1. The molecule has 0 spiro atoms. The molecule has 0 radical (unpaired) electrons. The van der Waals surface area contributed by atoms with Crippen molar-refractivity contribution in [2.75, 3.05) is 31.2 Å². The van der Waals surface area contributed by atoms with Crippen LogP contribution in [0.3, 0.4) is 0 Å². The number of anilines is 2. The van der Waals surface area contributed by atoms with Crippen LogP contribution in [0.1, 0.15) is 19.4 Å². The van der Waals surface area contributed by atoms with Gasteiger partial charge in [0.15, 0.2) is 6.61 Å². The van der Waals surface area contributed by atoms with Crippen molar-refractivity contribution in [2.45, 2.75) is 32.5 Å². The minimum absolute atomic E-state index is 0.0472. The third-order valence-electron chi connectivity index (χ3n) is 5.19. The Labute approximate surface area is 164 Å². The maximum Gasteiger partial charge on any atom is 0.260 e. The van der Waals surface area contributed by atoms with Gasteiger partial charge in [0, 0.05) is 31.7 Å². The van der Waals surface area contributed by atoms with E-state index >= 15 is 0 Å². The molecule has 2 unspecified atom stereocenters. The molecule has 3 rings (SSSR count). The van der Waals surface area contributed by atoms with Gasteiger partial charge in [0.25, 0.3) is 5.91 Å². The highest BCUT2D eigenvalue weighted by atomic mass is 19.1. The Morgan fingerprint density at radius 3 is 2.54 bits per heavy atom. The van der Waals surface area contributed by atoms with Crippen molar-refractivity contribution in [1.82, 2.24) is 9.80 Å². The maximum absolute atomic E-state index is 13.1. The third-order valence-corrected chi connectivity index (χ3v) is 5.19. The highest BCUT2D eigenvalue weighted by molar-refractivity contribution is 5.79. The normalized spacial score (nSPS) is 20.2. The van der Waals surface area contributed by atoms with E-state index in [2.05, 4.69) is 11.8 Å². The van der Waals surface area contributed by atoms with E-state index in [0.717, 1.165) is 18.7 Å². The Kier molecular flexibility index (Phi) is 6.04. The second kappa shape index (κ2) is 8.48. The molecule has 2 aromatic carbocycles. The van der Waals surface area contributed by atoms with E-state index in [9.17, 15) is 9.18 Å².